The van der Waals surface area contributed by atoms with Gasteiger partial charge in [-0.05, 0) is 25.7 Å². The Bertz CT molecular complexity index is 403. The molecule has 1 unspecified atom stereocenters. The molecule has 7 heteroatoms. The van der Waals surface area contributed by atoms with Crippen molar-refractivity contribution in [1.82, 2.24) is 15.3 Å². The average molecular weight is 265 g/mol. The van der Waals surface area contributed by atoms with Crippen molar-refractivity contribution in [1.29, 1.82) is 0 Å². The Balaban J connectivity index is 1.73. The van der Waals surface area contributed by atoms with Crippen LogP contribution in [0.2, 0.25) is 0 Å². The van der Waals surface area contributed by atoms with Gasteiger partial charge in [-0.2, -0.15) is 0 Å². The first kappa shape index (κ1) is 13.7. The van der Waals surface area contributed by atoms with Gasteiger partial charge in [0.05, 0.1) is 18.5 Å². The Morgan fingerprint density at radius 2 is 2.32 bits per heavy atom. The number of nitrogen functional groups attached to an aromatic ring is 1. The Morgan fingerprint density at radius 1 is 1.42 bits per heavy atom. The number of nitrogens with two attached hydrogens (primary N) is 1. The monoisotopic (exact) mass is 265 g/mol. The third-order valence-corrected chi connectivity index (χ3v) is 3.06. The number of hydrogen-bond donors (Lipinski definition) is 3. The molecule has 2 rings (SSSR count). The molecule has 0 bridgehead atoms. The number of ether oxygens (including phenoxy) is 1. The summed E-state index contributed by atoms with van der Waals surface area (Å²) in [6.45, 7) is 1.42. The predicted octanol–water partition coefficient (Wildman–Crippen LogP) is 0.451. The molecule has 1 aromatic heterocycles. The molecule has 0 saturated carbocycles. The molecule has 1 amide bonds. The summed E-state index contributed by atoms with van der Waals surface area (Å²) < 4.78 is 5.59. The van der Waals surface area contributed by atoms with Crippen LogP contribution in [-0.2, 0) is 4.74 Å². The lowest BCUT2D eigenvalue weighted by Crippen LogP contribution is -2.30. The quantitative estimate of drug-likeness (QED) is 0.528. The van der Waals surface area contributed by atoms with Crippen LogP contribution in [0.5, 0.6) is 0 Å². The van der Waals surface area contributed by atoms with Gasteiger partial charge in [0.2, 0.25) is 0 Å². The standard InChI is InChI=1S/C12H19N5O2/c13-17-11-8-15-10(7-16-11)12(18)14-5-4-9-3-1-2-6-19-9/h7-9H,1-6,13H2,(H,14,18)(H,16,17). The van der Waals surface area contributed by atoms with Gasteiger partial charge in [-0.1, -0.05) is 0 Å². The van der Waals surface area contributed by atoms with Crippen LogP contribution in [-0.4, -0.2) is 35.1 Å². The molecule has 1 aromatic rings. The fourth-order valence-corrected chi connectivity index (χ4v) is 1.99. The third kappa shape index (κ3) is 4.15. The maximum Gasteiger partial charge on any atom is 0.271 e. The molecule has 1 fully saturated rings. The number of rotatable bonds is 5. The molecule has 104 valence electrons. The fourth-order valence-electron chi connectivity index (χ4n) is 1.99. The van der Waals surface area contributed by atoms with Gasteiger partial charge >= 0.3 is 0 Å². The Morgan fingerprint density at radius 3 is 2.95 bits per heavy atom. The first-order valence-electron chi connectivity index (χ1n) is 6.48. The van der Waals surface area contributed by atoms with E-state index in [0.29, 0.717) is 12.4 Å². The minimum atomic E-state index is -0.230. The second-order valence-electron chi connectivity index (χ2n) is 4.46. The molecule has 1 atom stereocenters. The zero-order chi connectivity index (χ0) is 13.5. The summed E-state index contributed by atoms with van der Waals surface area (Å²) in [5.41, 5.74) is 2.64. The number of carbonyl (C=O) groups excluding carboxylic acids is 1. The summed E-state index contributed by atoms with van der Waals surface area (Å²) in [6, 6.07) is 0. The largest absolute Gasteiger partial charge is 0.378 e. The van der Waals surface area contributed by atoms with Crippen molar-refractivity contribution in [2.24, 2.45) is 5.84 Å². The molecule has 1 aliphatic rings. The van der Waals surface area contributed by atoms with E-state index in [1.54, 1.807) is 0 Å². The van der Waals surface area contributed by atoms with E-state index in [9.17, 15) is 4.79 Å². The van der Waals surface area contributed by atoms with Crippen LogP contribution in [0.25, 0.3) is 0 Å². The number of hydrazine groups is 1. The highest BCUT2D eigenvalue weighted by Gasteiger charge is 2.14. The molecule has 2 heterocycles. The normalized spacial score (nSPS) is 18.9. The molecule has 1 aliphatic heterocycles. The predicted molar refractivity (Wildman–Crippen MR) is 70.4 cm³/mol. The zero-order valence-corrected chi connectivity index (χ0v) is 10.8. The van der Waals surface area contributed by atoms with Crippen molar-refractivity contribution in [3.63, 3.8) is 0 Å². The molecular weight excluding hydrogens is 246 g/mol. The SMILES string of the molecule is NNc1cnc(C(=O)NCCC2CCCCO2)cn1. The van der Waals surface area contributed by atoms with Gasteiger partial charge in [0.15, 0.2) is 5.82 Å². The van der Waals surface area contributed by atoms with Crippen LogP contribution < -0.4 is 16.6 Å². The zero-order valence-electron chi connectivity index (χ0n) is 10.8. The van der Waals surface area contributed by atoms with Crippen LogP contribution in [0.1, 0.15) is 36.2 Å². The Labute approximate surface area is 111 Å². The Kier molecular flexibility index (Phi) is 5.05. The molecule has 1 saturated heterocycles. The molecular formula is C12H19N5O2. The van der Waals surface area contributed by atoms with Gasteiger partial charge in [-0.15, -0.1) is 0 Å². The van der Waals surface area contributed by atoms with Gasteiger partial charge in [0, 0.05) is 13.2 Å². The van der Waals surface area contributed by atoms with E-state index in [-0.39, 0.29) is 17.7 Å². The van der Waals surface area contributed by atoms with Crippen LogP contribution >= 0.6 is 0 Å². The minimum Gasteiger partial charge on any atom is -0.378 e. The van der Waals surface area contributed by atoms with E-state index in [0.717, 1.165) is 25.9 Å². The summed E-state index contributed by atoms with van der Waals surface area (Å²) in [5.74, 6) is 5.37. The lowest BCUT2D eigenvalue weighted by Gasteiger charge is -2.22. The molecule has 7 nitrogen and oxygen atoms in total. The first-order chi connectivity index (χ1) is 9.29. The van der Waals surface area contributed by atoms with E-state index >= 15 is 0 Å². The van der Waals surface area contributed by atoms with E-state index in [4.69, 9.17) is 10.6 Å². The van der Waals surface area contributed by atoms with Crippen molar-refractivity contribution in [2.45, 2.75) is 31.8 Å². The summed E-state index contributed by atoms with van der Waals surface area (Å²) in [6.07, 6.45) is 7.33. The smallest absolute Gasteiger partial charge is 0.271 e. The van der Waals surface area contributed by atoms with E-state index in [1.807, 2.05) is 0 Å². The molecule has 0 spiro atoms. The lowest BCUT2D eigenvalue weighted by molar-refractivity contribution is 0.0117. The highest BCUT2D eigenvalue weighted by molar-refractivity contribution is 5.91. The molecule has 0 aromatic carbocycles. The maximum atomic E-state index is 11.8. The second-order valence-corrected chi connectivity index (χ2v) is 4.46. The molecule has 0 aliphatic carbocycles. The summed E-state index contributed by atoms with van der Waals surface area (Å²) in [7, 11) is 0. The van der Waals surface area contributed by atoms with Gasteiger partial charge in [0.25, 0.3) is 5.91 Å². The average Bonchev–Trinajstić information content (AvgIpc) is 2.48. The summed E-state index contributed by atoms with van der Waals surface area (Å²) in [4.78, 5) is 19.7. The van der Waals surface area contributed by atoms with E-state index < -0.39 is 0 Å². The van der Waals surface area contributed by atoms with E-state index in [1.165, 1.54) is 18.8 Å². The first-order valence-corrected chi connectivity index (χ1v) is 6.48. The number of nitrogens with one attached hydrogen (secondary N) is 2. The number of amides is 1. The highest BCUT2D eigenvalue weighted by Crippen LogP contribution is 2.14. The van der Waals surface area contributed by atoms with Crippen LogP contribution in [0, 0.1) is 0 Å². The topological polar surface area (TPSA) is 102 Å². The van der Waals surface area contributed by atoms with Crippen molar-refractivity contribution >= 4 is 11.7 Å². The van der Waals surface area contributed by atoms with Crippen LogP contribution in [0.15, 0.2) is 12.4 Å². The number of anilines is 1. The number of aromatic nitrogens is 2. The fraction of sp³-hybridized carbons (Fsp3) is 0.583. The third-order valence-electron chi connectivity index (χ3n) is 3.06. The van der Waals surface area contributed by atoms with Gasteiger partial charge in [-0.3, -0.25) is 4.79 Å². The minimum absolute atomic E-state index is 0.230. The molecule has 0 radical (unpaired) electrons. The van der Waals surface area contributed by atoms with Crippen LogP contribution in [0.3, 0.4) is 0 Å². The summed E-state index contributed by atoms with van der Waals surface area (Å²) in [5, 5.41) is 2.81. The lowest BCUT2D eigenvalue weighted by atomic mass is 10.1. The highest BCUT2D eigenvalue weighted by atomic mass is 16.5. The maximum absolute atomic E-state index is 11.8. The summed E-state index contributed by atoms with van der Waals surface area (Å²) >= 11 is 0. The van der Waals surface area contributed by atoms with E-state index in [2.05, 4.69) is 20.7 Å². The number of carbonyl (C=O) groups is 1. The van der Waals surface area contributed by atoms with Crippen molar-refractivity contribution in [3.8, 4) is 0 Å². The second kappa shape index (κ2) is 7.01. The molecule has 19 heavy (non-hydrogen) atoms. The Hall–Kier alpha value is -1.73. The van der Waals surface area contributed by atoms with Crippen molar-refractivity contribution in [3.05, 3.63) is 18.1 Å². The molecule has 4 N–H and O–H groups in total. The number of nitrogens with zero attached hydrogens (tertiary/aromatic N) is 2. The van der Waals surface area contributed by atoms with Crippen LogP contribution in [0.4, 0.5) is 5.82 Å². The van der Waals surface area contributed by atoms with Gasteiger partial charge < -0.3 is 15.5 Å². The van der Waals surface area contributed by atoms with Crippen molar-refractivity contribution < 1.29 is 9.53 Å². The van der Waals surface area contributed by atoms with Gasteiger partial charge in [-0.25, -0.2) is 15.8 Å². The van der Waals surface area contributed by atoms with Gasteiger partial charge in [0.1, 0.15) is 5.69 Å². The van der Waals surface area contributed by atoms with Crippen molar-refractivity contribution in [2.75, 3.05) is 18.6 Å². The number of hydrogen-bond acceptors (Lipinski definition) is 6.